The van der Waals surface area contributed by atoms with E-state index in [4.69, 9.17) is 18.9 Å². The molecule has 0 aliphatic carbocycles. The fourth-order valence-electron chi connectivity index (χ4n) is 3.22. The molecule has 0 saturated carbocycles. The second-order valence-corrected chi connectivity index (χ2v) is 7.58. The second-order valence-electron chi connectivity index (χ2n) is 7.58. The van der Waals surface area contributed by atoms with E-state index in [9.17, 15) is 0 Å². The molecule has 162 valence electrons. The minimum absolute atomic E-state index is 0.0181. The van der Waals surface area contributed by atoms with E-state index >= 15 is 0 Å². The number of rotatable bonds is 17. The van der Waals surface area contributed by atoms with Gasteiger partial charge in [0.25, 0.3) is 0 Å². The minimum atomic E-state index is -0.0220. The molecule has 1 saturated heterocycles. The molecule has 0 amide bonds. The van der Waals surface area contributed by atoms with E-state index in [1.807, 2.05) is 0 Å². The molecule has 0 radical (unpaired) electrons. The Balaban J connectivity index is 2.72. The number of unbranched alkanes of at least 4 members (excludes halogenated alkanes) is 4. The predicted octanol–water partition coefficient (Wildman–Crippen LogP) is 4.33. The van der Waals surface area contributed by atoms with Gasteiger partial charge in [-0.15, -0.1) is 0 Å². The molecule has 1 N–H and O–H groups in total. The zero-order valence-corrected chi connectivity index (χ0v) is 18.3. The summed E-state index contributed by atoms with van der Waals surface area (Å²) in [6.45, 7) is 13.4. The lowest BCUT2D eigenvalue weighted by atomic mass is 9.95. The van der Waals surface area contributed by atoms with E-state index in [0.29, 0.717) is 6.61 Å². The van der Waals surface area contributed by atoms with Crippen LogP contribution in [0.1, 0.15) is 79.1 Å². The van der Waals surface area contributed by atoms with Crippen molar-refractivity contribution in [1.82, 2.24) is 5.32 Å². The third-order valence-corrected chi connectivity index (χ3v) is 5.05. The van der Waals surface area contributed by atoms with Gasteiger partial charge in [-0.1, -0.05) is 53.4 Å². The van der Waals surface area contributed by atoms with Crippen molar-refractivity contribution in [1.29, 1.82) is 0 Å². The summed E-state index contributed by atoms with van der Waals surface area (Å²) >= 11 is 0. The number of piperidine rings is 1. The van der Waals surface area contributed by atoms with Crippen molar-refractivity contribution in [2.45, 2.75) is 103 Å². The average Bonchev–Trinajstić information content (AvgIpc) is 2.68. The molecular formula is C22H45NO4. The summed E-state index contributed by atoms with van der Waals surface area (Å²) in [5, 5.41) is 3.62. The molecule has 1 rings (SSSR count). The Labute approximate surface area is 167 Å². The van der Waals surface area contributed by atoms with Crippen molar-refractivity contribution < 1.29 is 18.9 Å². The number of hydrogen-bond acceptors (Lipinski definition) is 5. The molecule has 0 aromatic rings. The molecule has 0 aromatic carbocycles. The zero-order chi connectivity index (χ0) is 19.7. The van der Waals surface area contributed by atoms with Crippen LogP contribution in [0.5, 0.6) is 0 Å². The van der Waals surface area contributed by atoms with Crippen molar-refractivity contribution in [2.75, 3.05) is 39.6 Å². The summed E-state index contributed by atoms with van der Waals surface area (Å²) in [6, 6.07) is 0.163. The van der Waals surface area contributed by atoms with Gasteiger partial charge in [-0.05, 0) is 25.7 Å². The molecule has 4 atom stereocenters. The Morgan fingerprint density at radius 2 is 1.19 bits per heavy atom. The van der Waals surface area contributed by atoms with Crippen LogP contribution in [0, 0.1) is 0 Å². The van der Waals surface area contributed by atoms with Crippen LogP contribution in [0.25, 0.3) is 0 Å². The summed E-state index contributed by atoms with van der Waals surface area (Å²) in [5.41, 5.74) is 0. The van der Waals surface area contributed by atoms with Gasteiger partial charge in [0.05, 0.1) is 18.8 Å². The summed E-state index contributed by atoms with van der Waals surface area (Å²) < 4.78 is 24.8. The molecule has 0 unspecified atom stereocenters. The highest BCUT2D eigenvalue weighted by Gasteiger charge is 2.41. The van der Waals surface area contributed by atoms with Gasteiger partial charge in [0.2, 0.25) is 0 Å². The second kappa shape index (κ2) is 16.7. The highest BCUT2D eigenvalue weighted by Crippen LogP contribution is 2.22. The van der Waals surface area contributed by atoms with Crippen molar-refractivity contribution in [2.24, 2.45) is 0 Å². The maximum atomic E-state index is 6.33. The van der Waals surface area contributed by atoms with Crippen molar-refractivity contribution in [3.8, 4) is 0 Å². The van der Waals surface area contributed by atoms with Crippen molar-refractivity contribution in [3.05, 3.63) is 0 Å². The first-order chi connectivity index (χ1) is 13.3. The molecule has 1 fully saturated rings. The molecule has 0 bridgehead atoms. The maximum Gasteiger partial charge on any atom is 0.113 e. The quantitative estimate of drug-likeness (QED) is 0.376. The van der Waals surface area contributed by atoms with E-state index < -0.39 is 0 Å². The Hall–Kier alpha value is -0.200. The van der Waals surface area contributed by atoms with Gasteiger partial charge >= 0.3 is 0 Å². The van der Waals surface area contributed by atoms with Crippen LogP contribution in [0.15, 0.2) is 0 Å². The van der Waals surface area contributed by atoms with Crippen LogP contribution in [-0.4, -0.2) is 63.9 Å². The van der Waals surface area contributed by atoms with Gasteiger partial charge in [0, 0.05) is 33.0 Å². The Bertz CT molecular complexity index is 329. The topological polar surface area (TPSA) is 49.0 Å². The summed E-state index contributed by atoms with van der Waals surface area (Å²) in [6.07, 6.45) is 8.92. The van der Waals surface area contributed by atoms with E-state index in [0.717, 1.165) is 84.3 Å². The van der Waals surface area contributed by atoms with Crippen LogP contribution in [0.3, 0.4) is 0 Å². The smallest absolute Gasteiger partial charge is 0.113 e. The first kappa shape index (κ1) is 24.8. The molecule has 1 aliphatic heterocycles. The first-order valence-corrected chi connectivity index (χ1v) is 11.4. The summed E-state index contributed by atoms with van der Waals surface area (Å²) in [7, 11) is 0. The number of hydrogen-bond donors (Lipinski definition) is 1. The molecule has 0 aromatic heterocycles. The van der Waals surface area contributed by atoms with E-state index in [2.05, 4.69) is 33.0 Å². The van der Waals surface area contributed by atoms with Crippen molar-refractivity contribution in [3.63, 3.8) is 0 Å². The van der Waals surface area contributed by atoms with Gasteiger partial charge in [-0.2, -0.15) is 0 Å². The highest BCUT2D eigenvalue weighted by molar-refractivity contribution is 4.95. The number of nitrogens with one attached hydrogen (secondary N) is 1. The monoisotopic (exact) mass is 387 g/mol. The fourth-order valence-corrected chi connectivity index (χ4v) is 3.22. The van der Waals surface area contributed by atoms with Gasteiger partial charge in [0.15, 0.2) is 0 Å². The normalized spacial score (nSPS) is 25.8. The lowest BCUT2D eigenvalue weighted by molar-refractivity contribution is -0.171. The molecule has 1 aliphatic rings. The molecule has 27 heavy (non-hydrogen) atoms. The maximum absolute atomic E-state index is 6.33. The van der Waals surface area contributed by atoms with Gasteiger partial charge in [-0.25, -0.2) is 0 Å². The molecule has 1 heterocycles. The first-order valence-electron chi connectivity index (χ1n) is 11.4. The highest BCUT2D eigenvalue weighted by atomic mass is 16.6. The van der Waals surface area contributed by atoms with Crippen LogP contribution in [0.2, 0.25) is 0 Å². The Kier molecular flexibility index (Phi) is 15.4. The third kappa shape index (κ3) is 10.2. The van der Waals surface area contributed by atoms with E-state index in [1.54, 1.807) is 0 Å². The number of ether oxygens (including phenoxy) is 4. The van der Waals surface area contributed by atoms with Crippen LogP contribution in [-0.2, 0) is 18.9 Å². The van der Waals surface area contributed by atoms with Crippen LogP contribution < -0.4 is 5.32 Å². The Morgan fingerprint density at radius 3 is 1.78 bits per heavy atom. The predicted molar refractivity (Wildman–Crippen MR) is 111 cm³/mol. The molecule has 5 nitrogen and oxygen atoms in total. The Morgan fingerprint density at radius 1 is 0.667 bits per heavy atom. The average molecular weight is 388 g/mol. The largest absolute Gasteiger partial charge is 0.380 e. The molecular weight excluding hydrogens is 342 g/mol. The van der Waals surface area contributed by atoms with E-state index in [-0.39, 0.29) is 24.4 Å². The SMILES string of the molecule is CCCCOC[C@H]1NC[C@H](OCCCC)[C@@H](OCCCC)[C@@H]1OCCCC. The zero-order valence-electron chi connectivity index (χ0n) is 18.3. The van der Waals surface area contributed by atoms with E-state index in [1.165, 1.54) is 0 Å². The van der Waals surface area contributed by atoms with Gasteiger partial charge in [-0.3, -0.25) is 0 Å². The lowest BCUT2D eigenvalue weighted by Gasteiger charge is -2.43. The van der Waals surface area contributed by atoms with Crippen LogP contribution in [0.4, 0.5) is 0 Å². The minimum Gasteiger partial charge on any atom is -0.380 e. The molecule has 0 spiro atoms. The van der Waals surface area contributed by atoms with Crippen LogP contribution >= 0.6 is 0 Å². The molecule has 5 heteroatoms. The van der Waals surface area contributed by atoms with Gasteiger partial charge < -0.3 is 24.3 Å². The standard InChI is InChI=1S/C22H45NO4/c1-5-9-13-24-18-19-21(26-15-11-7-3)22(27-16-12-8-4)20(17-23-19)25-14-10-6-2/h19-23H,5-18H2,1-4H3/t19-,20+,21-,22-/m1/s1. The van der Waals surface area contributed by atoms with Crippen molar-refractivity contribution >= 4 is 0 Å². The summed E-state index contributed by atoms with van der Waals surface area (Å²) in [4.78, 5) is 0. The lowest BCUT2D eigenvalue weighted by Crippen LogP contribution is -2.63. The van der Waals surface area contributed by atoms with Gasteiger partial charge in [0.1, 0.15) is 12.2 Å². The third-order valence-electron chi connectivity index (χ3n) is 5.05. The summed E-state index contributed by atoms with van der Waals surface area (Å²) in [5.74, 6) is 0. The fraction of sp³-hybridized carbons (Fsp3) is 1.00.